The number of hydrogen-bond donors (Lipinski definition) is 0. The van der Waals surface area contributed by atoms with Crippen molar-refractivity contribution in [3.05, 3.63) is 40.2 Å². The number of rotatable bonds is 2. The van der Waals surface area contributed by atoms with E-state index in [9.17, 15) is 53.1 Å². The first-order valence-corrected chi connectivity index (χ1v) is 5.65. The second-order valence-corrected chi connectivity index (χ2v) is 4.18. The number of allylic oxidation sites excluding steroid dienone is 1. The van der Waals surface area contributed by atoms with Crippen molar-refractivity contribution in [3.63, 3.8) is 0 Å². The van der Waals surface area contributed by atoms with E-state index >= 15 is 0 Å². The zero-order chi connectivity index (χ0) is 19.9. The molecule has 13 heteroatoms. The summed E-state index contributed by atoms with van der Waals surface area (Å²) in [6.07, 6.45) is -12.3. The molecule has 0 spiro atoms. The van der Waals surface area contributed by atoms with Crippen LogP contribution < -0.4 is 0 Å². The fourth-order valence-corrected chi connectivity index (χ4v) is 1.68. The standard InChI is InChI=1S/C12H3F11O2/c1-25-10(24)3(9(17)12(21,22)23)2-4(11(18,19)20)6(14)8(16)7(15)5(2)13/h1H3/b9-3-. The van der Waals surface area contributed by atoms with E-state index in [0.29, 0.717) is 0 Å². The number of methoxy groups -OCH3 is 1. The Labute approximate surface area is 130 Å². The number of hydrogen-bond acceptors (Lipinski definition) is 2. The minimum absolute atomic E-state index is 0.271. The number of halogens is 11. The number of alkyl halides is 6. The maximum absolute atomic E-state index is 13.7. The Morgan fingerprint density at radius 1 is 0.840 bits per heavy atom. The molecule has 1 aromatic rings. The molecule has 0 saturated heterocycles. The summed E-state index contributed by atoms with van der Waals surface area (Å²) in [6.45, 7) is 0. The van der Waals surface area contributed by atoms with Gasteiger partial charge in [0.25, 0.3) is 0 Å². The number of esters is 1. The SMILES string of the molecule is COC(=O)/C(=C(\F)C(F)(F)F)c1c(F)c(F)c(F)c(F)c1C(F)(F)F. The van der Waals surface area contributed by atoms with Crippen molar-refractivity contribution in [2.75, 3.05) is 7.11 Å². The summed E-state index contributed by atoms with van der Waals surface area (Å²) >= 11 is 0. The van der Waals surface area contributed by atoms with Gasteiger partial charge in [-0.1, -0.05) is 0 Å². The first-order valence-electron chi connectivity index (χ1n) is 5.65. The monoisotopic (exact) mass is 388 g/mol. The molecule has 0 unspecified atom stereocenters. The molecule has 0 aliphatic carbocycles. The summed E-state index contributed by atoms with van der Waals surface area (Å²) in [4.78, 5) is 11.2. The van der Waals surface area contributed by atoms with E-state index in [1.54, 1.807) is 0 Å². The smallest absolute Gasteiger partial charge is 0.443 e. The molecule has 25 heavy (non-hydrogen) atoms. The van der Waals surface area contributed by atoms with Gasteiger partial charge in [-0.3, -0.25) is 0 Å². The maximum Gasteiger partial charge on any atom is 0.443 e. The molecule has 1 aromatic carbocycles. The topological polar surface area (TPSA) is 26.3 Å². The average Bonchev–Trinajstić information content (AvgIpc) is 2.47. The van der Waals surface area contributed by atoms with Crippen molar-refractivity contribution in [3.8, 4) is 0 Å². The molecule has 0 N–H and O–H groups in total. The Bertz CT molecular complexity index is 743. The quantitative estimate of drug-likeness (QED) is 0.242. The Kier molecular flexibility index (Phi) is 5.40. The molecule has 0 atom stereocenters. The van der Waals surface area contributed by atoms with E-state index in [1.807, 2.05) is 0 Å². The van der Waals surface area contributed by atoms with E-state index in [4.69, 9.17) is 0 Å². The zero-order valence-electron chi connectivity index (χ0n) is 11.5. The van der Waals surface area contributed by atoms with Crippen LogP contribution in [0.3, 0.4) is 0 Å². The lowest BCUT2D eigenvalue weighted by molar-refractivity contribution is -0.141. The van der Waals surface area contributed by atoms with E-state index in [0.717, 1.165) is 0 Å². The molecule has 0 radical (unpaired) electrons. The summed E-state index contributed by atoms with van der Waals surface area (Å²) in [5.41, 5.74) is -8.77. The molecular formula is C12H3F11O2. The van der Waals surface area contributed by atoms with Gasteiger partial charge in [0.2, 0.25) is 5.83 Å². The van der Waals surface area contributed by atoms with Crippen molar-refractivity contribution in [2.45, 2.75) is 12.4 Å². The van der Waals surface area contributed by atoms with Gasteiger partial charge in [0.1, 0.15) is 11.1 Å². The van der Waals surface area contributed by atoms with Crippen LogP contribution in [0.25, 0.3) is 5.57 Å². The van der Waals surface area contributed by atoms with Gasteiger partial charge in [-0.05, 0) is 0 Å². The lowest BCUT2D eigenvalue weighted by Gasteiger charge is -2.18. The maximum atomic E-state index is 13.7. The van der Waals surface area contributed by atoms with Crippen LogP contribution in [0.15, 0.2) is 5.83 Å². The van der Waals surface area contributed by atoms with Crippen LogP contribution in [0, 0.1) is 23.3 Å². The number of carbonyl (C=O) groups excluding carboxylic acids is 1. The lowest BCUT2D eigenvalue weighted by atomic mass is 9.96. The van der Waals surface area contributed by atoms with Gasteiger partial charge in [0, 0.05) is 5.56 Å². The van der Waals surface area contributed by atoms with E-state index in [2.05, 4.69) is 4.74 Å². The van der Waals surface area contributed by atoms with Crippen molar-refractivity contribution in [1.29, 1.82) is 0 Å². The fraction of sp³-hybridized carbons (Fsp3) is 0.250. The Morgan fingerprint density at radius 2 is 1.28 bits per heavy atom. The number of benzene rings is 1. The van der Waals surface area contributed by atoms with Crippen LogP contribution in [-0.2, 0) is 15.7 Å². The Morgan fingerprint density at radius 3 is 1.64 bits per heavy atom. The fourth-order valence-electron chi connectivity index (χ4n) is 1.68. The number of ether oxygens (including phenoxy) is 1. The second-order valence-electron chi connectivity index (χ2n) is 4.18. The van der Waals surface area contributed by atoms with Gasteiger partial charge in [-0.2, -0.15) is 26.3 Å². The van der Waals surface area contributed by atoms with Gasteiger partial charge in [0.15, 0.2) is 23.3 Å². The minimum Gasteiger partial charge on any atom is -0.465 e. The summed E-state index contributed by atoms with van der Waals surface area (Å²) in [7, 11) is 0.271. The van der Waals surface area contributed by atoms with Crippen molar-refractivity contribution in [1.82, 2.24) is 0 Å². The summed E-state index contributed by atoms with van der Waals surface area (Å²) < 4.78 is 146. The van der Waals surface area contributed by atoms with Crippen LogP contribution in [0.5, 0.6) is 0 Å². The van der Waals surface area contributed by atoms with Gasteiger partial charge in [0.05, 0.1) is 7.11 Å². The highest BCUT2D eigenvalue weighted by Crippen LogP contribution is 2.43. The van der Waals surface area contributed by atoms with Crippen LogP contribution in [0.4, 0.5) is 48.3 Å². The molecular weight excluding hydrogens is 385 g/mol. The third kappa shape index (κ3) is 3.69. The van der Waals surface area contributed by atoms with E-state index < -0.39 is 64.1 Å². The van der Waals surface area contributed by atoms with Crippen LogP contribution >= 0.6 is 0 Å². The third-order valence-electron chi connectivity index (χ3n) is 2.66. The van der Waals surface area contributed by atoms with Crippen molar-refractivity contribution >= 4 is 11.5 Å². The zero-order valence-corrected chi connectivity index (χ0v) is 11.5. The highest BCUT2D eigenvalue weighted by atomic mass is 19.4. The predicted molar refractivity (Wildman–Crippen MR) is 57.4 cm³/mol. The van der Waals surface area contributed by atoms with E-state index in [-0.39, 0.29) is 7.11 Å². The van der Waals surface area contributed by atoms with E-state index in [1.165, 1.54) is 0 Å². The van der Waals surface area contributed by atoms with Crippen LogP contribution in [-0.4, -0.2) is 19.3 Å². The molecule has 0 fully saturated rings. The highest BCUT2D eigenvalue weighted by Gasteiger charge is 2.48. The minimum atomic E-state index is -6.15. The molecule has 0 saturated carbocycles. The van der Waals surface area contributed by atoms with Crippen LogP contribution in [0.1, 0.15) is 11.1 Å². The van der Waals surface area contributed by atoms with Crippen molar-refractivity contribution < 1.29 is 57.8 Å². The number of carbonyl (C=O) groups is 1. The lowest BCUT2D eigenvalue weighted by Crippen LogP contribution is -2.23. The molecule has 0 aliphatic rings. The average molecular weight is 388 g/mol. The Balaban J connectivity index is 4.19. The second kappa shape index (κ2) is 6.52. The predicted octanol–water partition coefficient (Wildman–Crippen LogP) is 4.68. The summed E-state index contributed by atoms with van der Waals surface area (Å²) in [5, 5.41) is 0. The van der Waals surface area contributed by atoms with Gasteiger partial charge in [-0.25, -0.2) is 26.7 Å². The largest absolute Gasteiger partial charge is 0.465 e. The van der Waals surface area contributed by atoms with Gasteiger partial charge >= 0.3 is 18.3 Å². The molecule has 0 aromatic heterocycles. The molecule has 0 heterocycles. The molecule has 0 bridgehead atoms. The molecule has 2 nitrogen and oxygen atoms in total. The first-order chi connectivity index (χ1) is 11.2. The first kappa shape index (κ1) is 20.7. The molecule has 0 aliphatic heterocycles. The summed E-state index contributed by atoms with van der Waals surface area (Å²) in [5.74, 6) is -18.4. The van der Waals surface area contributed by atoms with Crippen molar-refractivity contribution in [2.24, 2.45) is 0 Å². The molecule has 0 amide bonds. The Hall–Kier alpha value is -2.34. The highest BCUT2D eigenvalue weighted by molar-refractivity contribution is 6.18. The van der Waals surface area contributed by atoms with Gasteiger partial charge in [-0.15, -0.1) is 0 Å². The normalized spacial score (nSPS) is 13.6. The molecule has 1 rings (SSSR count). The van der Waals surface area contributed by atoms with Crippen LogP contribution in [0.2, 0.25) is 0 Å². The van der Waals surface area contributed by atoms with Gasteiger partial charge < -0.3 is 4.74 Å². The third-order valence-corrected chi connectivity index (χ3v) is 2.66. The summed E-state index contributed by atoms with van der Waals surface area (Å²) in [6, 6.07) is 0. The molecule has 140 valence electrons.